The first-order valence-corrected chi connectivity index (χ1v) is 8.23. The van der Waals surface area contributed by atoms with Gasteiger partial charge in [0.15, 0.2) is 0 Å². The van der Waals surface area contributed by atoms with Crippen molar-refractivity contribution in [3.63, 3.8) is 0 Å². The van der Waals surface area contributed by atoms with Gasteiger partial charge in [-0.2, -0.15) is 11.8 Å². The van der Waals surface area contributed by atoms with Crippen molar-refractivity contribution in [2.24, 2.45) is 14.1 Å². The Morgan fingerprint density at radius 2 is 1.95 bits per heavy atom. The molecule has 6 heteroatoms. The summed E-state index contributed by atoms with van der Waals surface area (Å²) >= 11 is 1.93. The average molecular weight is 297 g/mol. The molecule has 1 fully saturated rings. The molecule has 0 amide bonds. The lowest BCUT2D eigenvalue weighted by molar-refractivity contribution is 0.527. The summed E-state index contributed by atoms with van der Waals surface area (Å²) < 4.78 is 2.95. The van der Waals surface area contributed by atoms with Crippen molar-refractivity contribution >= 4 is 11.8 Å². The molecule has 0 unspecified atom stereocenters. The third kappa shape index (κ3) is 3.01. The maximum atomic E-state index is 12.0. The molecule has 2 rings (SSSR count). The van der Waals surface area contributed by atoms with E-state index in [0.29, 0.717) is 16.9 Å². The minimum Gasteiger partial charge on any atom is -0.311 e. The lowest BCUT2D eigenvalue weighted by atomic mass is 10.1. The Bertz CT molecular complexity index is 585. The summed E-state index contributed by atoms with van der Waals surface area (Å²) in [7, 11) is 3.19. The summed E-state index contributed by atoms with van der Waals surface area (Å²) in [6.07, 6.45) is 8.88. The van der Waals surface area contributed by atoms with Crippen LogP contribution in [0.15, 0.2) is 15.8 Å². The number of thioether (sulfide) groups is 1. The molecule has 0 radical (unpaired) electrons. The molecular formula is C14H23N3O2S. The van der Waals surface area contributed by atoms with Crippen LogP contribution in [0.2, 0.25) is 0 Å². The van der Waals surface area contributed by atoms with Gasteiger partial charge in [-0.3, -0.25) is 9.36 Å². The first-order chi connectivity index (χ1) is 9.49. The van der Waals surface area contributed by atoms with E-state index in [-0.39, 0.29) is 11.2 Å². The standard InChI is InChI=1S/C14H23N3O2S/c1-16-9-11(12(18)17(2)13(16)19)8-15-10-14(20-3)6-4-5-7-14/h9,15H,4-8,10H2,1-3H3. The largest absolute Gasteiger partial charge is 0.330 e. The van der Waals surface area contributed by atoms with Crippen LogP contribution in [0.1, 0.15) is 31.2 Å². The molecule has 0 atom stereocenters. The van der Waals surface area contributed by atoms with Gasteiger partial charge in [-0.1, -0.05) is 12.8 Å². The fraction of sp³-hybridized carbons (Fsp3) is 0.714. The van der Waals surface area contributed by atoms with E-state index in [2.05, 4.69) is 11.6 Å². The number of rotatable bonds is 5. The van der Waals surface area contributed by atoms with E-state index in [1.807, 2.05) is 11.8 Å². The van der Waals surface area contributed by atoms with E-state index >= 15 is 0 Å². The van der Waals surface area contributed by atoms with E-state index in [9.17, 15) is 9.59 Å². The fourth-order valence-electron chi connectivity index (χ4n) is 2.90. The summed E-state index contributed by atoms with van der Waals surface area (Å²) in [5.41, 5.74) is 0.157. The smallest absolute Gasteiger partial charge is 0.311 e. The molecule has 1 heterocycles. The molecule has 0 spiro atoms. The van der Waals surface area contributed by atoms with Gasteiger partial charge in [0.05, 0.1) is 0 Å². The Hall–Kier alpha value is -1.01. The number of hydrogen-bond acceptors (Lipinski definition) is 4. The van der Waals surface area contributed by atoms with Gasteiger partial charge in [0.1, 0.15) is 0 Å². The van der Waals surface area contributed by atoms with Crippen molar-refractivity contribution in [3.05, 3.63) is 32.6 Å². The molecule has 1 saturated carbocycles. The summed E-state index contributed by atoms with van der Waals surface area (Å²) in [5, 5.41) is 3.40. The minimum atomic E-state index is -0.282. The number of aromatic nitrogens is 2. The highest BCUT2D eigenvalue weighted by atomic mass is 32.2. The second-order valence-electron chi connectivity index (χ2n) is 5.61. The van der Waals surface area contributed by atoms with Crippen molar-refractivity contribution in [1.82, 2.24) is 14.5 Å². The number of nitrogens with one attached hydrogen (secondary N) is 1. The monoisotopic (exact) mass is 297 g/mol. The molecule has 112 valence electrons. The van der Waals surface area contributed by atoms with Crippen LogP contribution < -0.4 is 16.6 Å². The Balaban J connectivity index is 2.05. The van der Waals surface area contributed by atoms with Crippen molar-refractivity contribution in [2.75, 3.05) is 12.8 Å². The van der Waals surface area contributed by atoms with Crippen LogP contribution in [0, 0.1) is 0 Å². The molecule has 0 aliphatic heterocycles. The van der Waals surface area contributed by atoms with E-state index < -0.39 is 0 Å². The van der Waals surface area contributed by atoms with Gasteiger partial charge in [-0.25, -0.2) is 4.79 Å². The highest BCUT2D eigenvalue weighted by Gasteiger charge is 2.32. The molecule has 1 N–H and O–H groups in total. The van der Waals surface area contributed by atoms with Gasteiger partial charge >= 0.3 is 5.69 Å². The van der Waals surface area contributed by atoms with E-state index in [0.717, 1.165) is 11.1 Å². The topological polar surface area (TPSA) is 56.0 Å². The molecule has 0 saturated heterocycles. The molecular weight excluding hydrogens is 274 g/mol. The zero-order valence-corrected chi connectivity index (χ0v) is 13.3. The molecule has 1 aromatic heterocycles. The van der Waals surface area contributed by atoms with Gasteiger partial charge in [0, 0.05) is 43.7 Å². The Labute approximate surface area is 123 Å². The SMILES string of the molecule is CSC1(CNCc2cn(C)c(=O)n(C)c2=O)CCCC1. The quantitative estimate of drug-likeness (QED) is 0.875. The van der Waals surface area contributed by atoms with Crippen LogP contribution in [0.5, 0.6) is 0 Å². The summed E-state index contributed by atoms with van der Waals surface area (Å²) in [6, 6.07) is 0. The third-order valence-corrected chi connectivity index (χ3v) is 5.65. The predicted octanol–water partition coefficient (Wildman–Crippen LogP) is 0.849. The second kappa shape index (κ2) is 6.18. The zero-order valence-electron chi connectivity index (χ0n) is 12.4. The zero-order chi connectivity index (χ0) is 14.8. The molecule has 0 aromatic carbocycles. The van der Waals surface area contributed by atoms with Crippen LogP contribution in [0.3, 0.4) is 0 Å². The van der Waals surface area contributed by atoms with Gasteiger partial charge in [-0.15, -0.1) is 0 Å². The lowest BCUT2D eigenvalue weighted by Crippen LogP contribution is -2.41. The molecule has 5 nitrogen and oxygen atoms in total. The summed E-state index contributed by atoms with van der Waals surface area (Å²) in [6.45, 7) is 1.43. The molecule has 1 aliphatic rings. The molecule has 0 bridgehead atoms. The van der Waals surface area contributed by atoms with Crippen molar-refractivity contribution in [1.29, 1.82) is 0 Å². The van der Waals surface area contributed by atoms with E-state index in [1.165, 1.54) is 37.3 Å². The Kier molecular flexibility index (Phi) is 4.75. The minimum absolute atomic E-state index is 0.203. The van der Waals surface area contributed by atoms with E-state index in [1.54, 1.807) is 13.2 Å². The van der Waals surface area contributed by atoms with Crippen molar-refractivity contribution in [2.45, 2.75) is 37.0 Å². The van der Waals surface area contributed by atoms with Gasteiger partial charge < -0.3 is 9.88 Å². The summed E-state index contributed by atoms with van der Waals surface area (Å²) in [5.74, 6) is 0. The fourth-order valence-corrected chi connectivity index (χ4v) is 3.85. The highest BCUT2D eigenvalue weighted by Crippen LogP contribution is 2.39. The first-order valence-electron chi connectivity index (χ1n) is 7.00. The normalized spacial score (nSPS) is 17.6. The van der Waals surface area contributed by atoms with Crippen molar-refractivity contribution < 1.29 is 0 Å². The van der Waals surface area contributed by atoms with Gasteiger partial charge in [0.2, 0.25) is 0 Å². The molecule has 1 aromatic rings. The molecule has 1 aliphatic carbocycles. The third-order valence-electron chi connectivity index (χ3n) is 4.23. The van der Waals surface area contributed by atoms with E-state index in [4.69, 9.17) is 0 Å². The number of aryl methyl sites for hydroxylation is 1. The molecule has 20 heavy (non-hydrogen) atoms. The van der Waals surface area contributed by atoms with Gasteiger partial charge in [0.25, 0.3) is 5.56 Å². The van der Waals surface area contributed by atoms with Crippen LogP contribution in [-0.4, -0.2) is 26.7 Å². The predicted molar refractivity (Wildman–Crippen MR) is 83.3 cm³/mol. The van der Waals surface area contributed by atoms with Crippen LogP contribution >= 0.6 is 11.8 Å². The maximum Gasteiger partial charge on any atom is 0.330 e. The Morgan fingerprint density at radius 3 is 2.55 bits per heavy atom. The van der Waals surface area contributed by atoms with Gasteiger partial charge in [-0.05, 0) is 19.1 Å². The first kappa shape index (κ1) is 15.4. The summed E-state index contributed by atoms with van der Waals surface area (Å²) in [4.78, 5) is 23.6. The highest BCUT2D eigenvalue weighted by molar-refractivity contribution is 8.00. The average Bonchev–Trinajstić information content (AvgIpc) is 2.91. The number of hydrogen-bond donors (Lipinski definition) is 1. The number of nitrogens with zero attached hydrogens (tertiary/aromatic N) is 2. The maximum absolute atomic E-state index is 12.0. The van der Waals surface area contributed by atoms with Crippen molar-refractivity contribution in [3.8, 4) is 0 Å². The lowest BCUT2D eigenvalue weighted by Gasteiger charge is -2.27. The van der Waals surface area contributed by atoms with Crippen LogP contribution in [0.4, 0.5) is 0 Å². The second-order valence-corrected chi connectivity index (χ2v) is 6.88. The van der Waals surface area contributed by atoms with Crippen LogP contribution in [-0.2, 0) is 20.6 Å². The Morgan fingerprint density at radius 1 is 1.30 bits per heavy atom. The van der Waals surface area contributed by atoms with Crippen LogP contribution in [0.25, 0.3) is 0 Å².